The van der Waals surface area contributed by atoms with Crippen molar-refractivity contribution in [1.82, 2.24) is 0 Å². The van der Waals surface area contributed by atoms with Gasteiger partial charge in [-0.1, -0.05) is 175 Å². The van der Waals surface area contributed by atoms with Crippen LogP contribution in [0, 0.1) is 13.8 Å². The van der Waals surface area contributed by atoms with Crippen LogP contribution >= 0.6 is 0 Å². The Balaban J connectivity index is 0.894. The van der Waals surface area contributed by atoms with E-state index in [0.29, 0.717) is 0 Å². The minimum absolute atomic E-state index is 1.09. The Morgan fingerprint density at radius 1 is 0.263 bits per heavy atom. The molecule has 0 N–H and O–H groups in total. The molecule has 0 aromatic heterocycles. The Morgan fingerprint density at radius 2 is 0.662 bits per heavy atom. The van der Waals surface area contributed by atoms with Crippen LogP contribution in [0.1, 0.15) is 11.1 Å². The molecule has 0 fully saturated rings. The first kappa shape index (κ1) is 48.0. The number of anilines is 12. The molecule has 0 atom stereocenters. The maximum absolute atomic E-state index is 2.48. The average Bonchev–Trinajstić information content (AvgIpc) is 3.63. The Bertz CT molecular complexity index is 4190. The van der Waals surface area contributed by atoms with Crippen molar-refractivity contribution in [2.24, 2.45) is 0 Å². The van der Waals surface area contributed by atoms with Gasteiger partial charge in [0, 0.05) is 67.8 Å². The molecule has 0 spiro atoms. The molecule has 0 saturated carbocycles. The summed E-state index contributed by atoms with van der Waals surface area (Å²) in [6.45, 7) is 4.28. The predicted octanol–water partition coefficient (Wildman–Crippen LogP) is 21.8. The van der Waals surface area contributed by atoms with Gasteiger partial charge in [0.05, 0.1) is 11.4 Å². The van der Waals surface area contributed by atoms with E-state index in [0.717, 1.165) is 73.8 Å². The topological polar surface area (TPSA) is 13.0 Å². The van der Waals surface area contributed by atoms with Crippen LogP contribution in [0.25, 0.3) is 54.9 Å². The van der Waals surface area contributed by atoms with Gasteiger partial charge in [0.15, 0.2) is 0 Å². The van der Waals surface area contributed by atoms with Crippen LogP contribution in [0.3, 0.4) is 0 Å². The van der Waals surface area contributed by atoms with Crippen molar-refractivity contribution in [3.05, 3.63) is 314 Å². The molecule has 380 valence electrons. The minimum atomic E-state index is 1.09. The molecular weight excluding hydrogens is 969 g/mol. The molecule has 13 aromatic rings. The highest BCUT2D eigenvalue weighted by Crippen LogP contribution is 2.55. The average molecular weight is 1030 g/mol. The quantitative estimate of drug-likeness (QED) is 0.121. The maximum atomic E-state index is 2.48. The third-order valence-corrected chi connectivity index (χ3v) is 15.7. The van der Waals surface area contributed by atoms with Crippen LogP contribution < -0.4 is 19.6 Å². The first-order valence-corrected chi connectivity index (χ1v) is 27.5. The molecule has 0 aliphatic carbocycles. The summed E-state index contributed by atoms with van der Waals surface area (Å²) in [6, 6.07) is 110. The van der Waals surface area contributed by atoms with E-state index in [9.17, 15) is 0 Å². The molecule has 80 heavy (non-hydrogen) atoms. The zero-order valence-corrected chi connectivity index (χ0v) is 44.7. The Hall–Kier alpha value is -10.4. The number of hydrogen-bond acceptors (Lipinski definition) is 4. The third-order valence-electron chi connectivity index (χ3n) is 15.7. The molecule has 0 radical (unpaired) electrons. The normalized spacial score (nSPS) is 11.6. The molecule has 0 saturated heterocycles. The standard InChI is InChI=1S/C76H56N4/c1-53-26-36-63(37-27-53)79(64-38-28-54(2)29-39-64)67-44-46-68(47-45-67)80-73-50-35-58-52-57(55-30-40-65(41-31-55)77(59-16-7-3-8-17-59)60-18-9-4-10-19-60)34-48-70(58)75(73)72-25-15-24-71-69(49-51-74(80)76(71)72)56-32-42-66(43-33-56)78(61-20-11-5-12-21-61)62-22-13-6-14-23-62/h3-52H,1-2H3. The third kappa shape index (κ3) is 8.79. The van der Waals surface area contributed by atoms with Crippen molar-refractivity contribution in [3.8, 4) is 33.4 Å². The summed E-state index contributed by atoms with van der Waals surface area (Å²) in [6.07, 6.45) is 0. The number of fused-ring (bicyclic) bond motifs is 4. The molecular formula is C76H56N4. The van der Waals surface area contributed by atoms with Gasteiger partial charge in [0.1, 0.15) is 0 Å². The Labute approximate surface area is 468 Å². The first-order valence-electron chi connectivity index (χ1n) is 27.5. The molecule has 4 heteroatoms. The van der Waals surface area contributed by atoms with Crippen LogP contribution in [0.15, 0.2) is 303 Å². The van der Waals surface area contributed by atoms with E-state index in [1.165, 1.54) is 60.5 Å². The fourth-order valence-electron chi connectivity index (χ4n) is 11.8. The van der Waals surface area contributed by atoms with E-state index in [-0.39, 0.29) is 0 Å². The maximum Gasteiger partial charge on any atom is 0.0547 e. The molecule has 1 heterocycles. The van der Waals surface area contributed by atoms with Crippen molar-refractivity contribution >= 4 is 89.8 Å². The fraction of sp³-hybridized carbons (Fsp3) is 0.0263. The van der Waals surface area contributed by atoms with Crippen LogP contribution in [-0.4, -0.2) is 0 Å². The Morgan fingerprint density at radius 3 is 1.14 bits per heavy atom. The van der Waals surface area contributed by atoms with Gasteiger partial charge in [-0.05, 0) is 197 Å². The lowest BCUT2D eigenvalue weighted by atomic mass is 9.85. The molecule has 0 unspecified atom stereocenters. The van der Waals surface area contributed by atoms with Crippen molar-refractivity contribution in [3.63, 3.8) is 0 Å². The van der Waals surface area contributed by atoms with Crippen LogP contribution in [0.5, 0.6) is 0 Å². The number of aryl methyl sites for hydroxylation is 2. The summed E-state index contributed by atoms with van der Waals surface area (Å²) in [4.78, 5) is 9.46. The van der Waals surface area contributed by atoms with Crippen LogP contribution in [0.4, 0.5) is 68.2 Å². The molecule has 0 bridgehead atoms. The molecule has 0 amide bonds. The van der Waals surface area contributed by atoms with E-state index in [1.54, 1.807) is 0 Å². The number of para-hydroxylation sites is 4. The summed E-state index contributed by atoms with van der Waals surface area (Å²) >= 11 is 0. The number of rotatable bonds is 12. The minimum Gasteiger partial charge on any atom is -0.311 e. The van der Waals surface area contributed by atoms with E-state index < -0.39 is 0 Å². The Kier molecular flexibility index (Phi) is 12.3. The van der Waals surface area contributed by atoms with Crippen molar-refractivity contribution < 1.29 is 0 Å². The van der Waals surface area contributed by atoms with Gasteiger partial charge in [-0.3, -0.25) is 0 Å². The first-order chi connectivity index (χ1) is 39.5. The summed E-state index contributed by atoms with van der Waals surface area (Å²) in [5.74, 6) is 0. The molecule has 1 aliphatic heterocycles. The summed E-state index contributed by atoms with van der Waals surface area (Å²) in [7, 11) is 0. The molecule has 13 aromatic carbocycles. The zero-order chi connectivity index (χ0) is 53.5. The summed E-state index contributed by atoms with van der Waals surface area (Å²) in [5.41, 5.74) is 23.0. The SMILES string of the molecule is Cc1ccc(N(c2ccc(C)cc2)c2ccc(N3c4ccc5cc(-c6ccc(N(c7ccccc7)c7ccccc7)cc6)ccc5c4-c4cccc5c(-c6ccc(N(c7ccccc7)c7ccccc7)cc6)ccc3c45)cc2)cc1. The lowest BCUT2D eigenvalue weighted by molar-refractivity contribution is 1.25. The fourth-order valence-corrected chi connectivity index (χ4v) is 11.8. The largest absolute Gasteiger partial charge is 0.311 e. The number of hydrogen-bond donors (Lipinski definition) is 0. The lowest BCUT2D eigenvalue weighted by Crippen LogP contribution is -2.16. The van der Waals surface area contributed by atoms with Crippen molar-refractivity contribution in [1.29, 1.82) is 0 Å². The molecule has 14 rings (SSSR count). The van der Waals surface area contributed by atoms with Gasteiger partial charge in [0.25, 0.3) is 0 Å². The molecule has 4 nitrogen and oxygen atoms in total. The second kappa shape index (κ2) is 20.5. The van der Waals surface area contributed by atoms with Crippen LogP contribution in [-0.2, 0) is 0 Å². The number of nitrogens with zero attached hydrogens (tertiary/aromatic N) is 4. The summed E-state index contributed by atoms with van der Waals surface area (Å²) in [5, 5.41) is 4.84. The van der Waals surface area contributed by atoms with Gasteiger partial charge >= 0.3 is 0 Å². The smallest absolute Gasteiger partial charge is 0.0547 e. The number of benzene rings is 13. The lowest BCUT2D eigenvalue weighted by Gasteiger charge is -2.35. The van der Waals surface area contributed by atoms with Gasteiger partial charge < -0.3 is 19.6 Å². The van der Waals surface area contributed by atoms with Gasteiger partial charge in [0.2, 0.25) is 0 Å². The van der Waals surface area contributed by atoms with Gasteiger partial charge in [-0.2, -0.15) is 0 Å². The van der Waals surface area contributed by atoms with E-state index in [4.69, 9.17) is 0 Å². The van der Waals surface area contributed by atoms with E-state index >= 15 is 0 Å². The summed E-state index contributed by atoms with van der Waals surface area (Å²) < 4.78 is 0. The highest BCUT2D eigenvalue weighted by molar-refractivity contribution is 6.22. The second-order valence-electron chi connectivity index (χ2n) is 20.7. The highest BCUT2D eigenvalue weighted by Gasteiger charge is 2.29. The van der Waals surface area contributed by atoms with Gasteiger partial charge in [-0.25, -0.2) is 0 Å². The van der Waals surface area contributed by atoms with Gasteiger partial charge in [-0.15, -0.1) is 0 Å². The monoisotopic (exact) mass is 1020 g/mol. The second-order valence-corrected chi connectivity index (χ2v) is 20.7. The van der Waals surface area contributed by atoms with Crippen molar-refractivity contribution in [2.75, 3.05) is 19.6 Å². The van der Waals surface area contributed by atoms with Crippen molar-refractivity contribution in [2.45, 2.75) is 13.8 Å². The predicted molar refractivity (Wildman–Crippen MR) is 340 cm³/mol. The zero-order valence-electron chi connectivity index (χ0n) is 44.7. The highest BCUT2D eigenvalue weighted by atomic mass is 15.2. The van der Waals surface area contributed by atoms with E-state index in [2.05, 4.69) is 337 Å². The molecule has 1 aliphatic rings. The van der Waals surface area contributed by atoms with E-state index in [1.807, 2.05) is 0 Å². The van der Waals surface area contributed by atoms with Crippen LogP contribution in [0.2, 0.25) is 0 Å².